The number of hydrogen-bond acceptors (Lipinski definition) is 2. The molecule has 0 aromatic heterocycles. The monoisotopic (exact) mass is 219 g/mol. The standard InChI is InChI=1S/C14H21NO/c1-3-7-15-10-13(8-11(15)2)12-5-4-6-14(16)9-12/h4-6,9,11,13,16H,3,7-8,10H2,1-2H3/t11-,13-/m1/s1. The van der Waals surface area contributed by atoms with Gasteiger partial charge in [-0.05, 0) is 49.9 Å². The molecular formula is C14H21NO. The summed E-state index contributed by atoms with van der Waals surface area (Å²) in [6, 6.07) is 8.40. The van der Waals surface area contributed by atoms with Gasteiger partial charge < -0.3 is 10.0 Å². The third-order valence-electron chi connectivity index (χ3n) is 3.56. The van der Waals surface area contributed by atoms with Crippen LogP contribution in [0.5, 0.6) is 5.75 Å². The summed E-state index contributed by atoms with van der Waals surface area (Å²) in [6.45, 7) is 6.86. The summed E-state index contributed by atoms with van der Waals surface area (Å²) in [7, 11) is 0. The van der Waals surface area contributed by atoms with Crippen molar-refractivity contribution in [2.24, 2.45) is 0 Å². The van der Waals surface area contributed by atoms with E-state index in [0.717, 1.165) is 6.54 Å². The average Bonchev–Trinajstić information content (AvgIpc) is 2.61. The third-order valence-corrected chi connectivity index (χ3v) is 3.56. The first-order valence-electron chi connectivity index (χ1n) is 6.23. The molecular weight excluding hydrogens is 198 g/mol. The van der Waals surface area contributed by atoms with Crippen molar-refractivity contribution >= 4 is 0 Å². The Hall–Kier alpha value is -1.02. The number of phenolic OH excluding ortho intramolecular Hbond substituents is 1. The lowest BCUT2D eigenvalue weighted by Gasteiger charge is -2.19. The summed E-state index contributed by atoms with van der Waals surface area (Å²) in [6.07, 6.45) is 2.43. The molecule has 88 valence electrons. The zero-order chi connectivity index (χ0) is 11.5. The molecule has 1 saturated heterocycles. The molecule has 1 N–H and O–H groups in total. The summed E-state index contributed by atoms with van der Waals surface area (Å²) in [5.41, 5.74) is 1.28. The topological polar surface area (TPSA) is 23.5 Å². The number of phenols is 1. The highest BCUT2D eigenvalue weighted by Gasteiger charge is 2.29. The summed E-state index contributed by atoms with van der Waals surface area (Å²) in [5, 5.41) is 9.49. The molecule has 0 amide bonds. The van der Waals surface area contributed by atoms with Gasteiger partial charge in [-0.3, -0.25) is 0 Å². The van der Waals surface area contributed by atoms with Crippen LogP contribution in [0.3, 0.4) is 0 Å². The van der Waals surface area contributed by atoms with Crippen molar-refractivity contribution in [1.82, 2.24) is 4.90 Å². The van der Waals surface area contributed by atoms with Gasteiger partial charge in [-0.15, -0.1) is 0 Å². The number of rotatable bonds is 3. The molecule has 0 unspecified atom stereocenters. The Morgan fingerprint density at radius 1 is 1.44 bits per heavy atom. The number of likely N-dealkylation sites (tertiary alicyclic amines) is 1. The van der Waals surface area contributed by atoms with Gasteiger partial charge in [0.05, 0.1) is 0 Å². The van der Waals surface area contributed by atoms with Crippen molar-refractivity contribution in [3.05, 3.63) is 29.8 Å². The van der Waals surface area contributed by atoms with Crippen LogP contribution in [0, 0.1) is 0 Å². The maximum absolute atomic E-state index is 9.49. The van der Waals surface area contributed by atoms with Crippen LogP contribution in [0.25, 0.3) is 0 Å². The number of aromatic hydroxyl groups is 1. The van der Waals surface area contributed by atoms with Crippen molar-refractivity contribution in [1.29, 1.82) is 0 Å². The van der Waals surface area contributed by atoms with Gasteiger partial charge in [-0.25, -0.2) is 0 Å². The SMILES string of the molecule is CCCN1C[C@H](c2cccc(O)c2)C[C@H]1C. The van der Waals surface area contributed by atoms with Crippen LogP contribution in [0.1, 0.15) is 38.2 Å². The van der Waals surface area contributed by atoms with E-state index in [4.69, 9.17) is 0 Å². The molecule has 2 atom stereocenters. The van der Waals surface area contributed by atoms with Crippen LogP contribution in [-0.4, -0.2) is 29.1 Å². The van der Waals surface area contributed by atoms with Crippen molar-refractivity contribution < 1.29 is 5.11 Å². The number of nitrogens with zero attached hydrogens (tertiary/aromatic N) is 1. The summed E-state index contributed by atoms with van der Waals surface area (Å²) in [5.74, 6) is 0.979. The van der Waals surface area contributed by atoms with Crippen LogP contribution >= 0.6 is 0 Å². The van der Waals surface area contributed by atoms with Gasteiger partial charge in [0.1, 0.15) is 5.75 Å². The number of hydrogen-bond donors (Lipinski definition) is 1. The maximum atomic E-state index is 9.49. The van der Waals surface area contributed by atoms with E-state index in [-0.39, 0.29) is 0 Å². The zero-order valence-corrected chi connectivity index (χ0v) is 10.2. The molecule has 1 aromatic rings. The Kier molecular flexibility index (Phi) is 3.49. The van der Waals surface area contributed by atoms with E-state index in [1.165, 1.54) is 24.9 Å². The molecule has 1 aliphatic heterocycles. The Morgan fingerprint density at radius 2 is 2.25 bits per heavy atom. The molecule has 1 aromatic carbocycles. The fourth-order valence-electron chi connectivity index (χ4n) is 2.72. The molecule has 2 rings (SSSR count). The minimum absolute atomic E-state index is 0.388. The molecule has 0 saturated carbocycles. The summed E-state index contributed by atoms with van der Waals surface area (Å²) < 4.78 is 0. The Labute approximate surface area is 97.9 Å². The highest BCUT2D eigenvalue weighted by molar-refractivity contribution is 5.30. The van der Waals surface area contributed by atoms with Gasteiger partial charge in [-0.2, -0.15) is 0 Å². The highest BCUT2D eigenvalue weighted by Crippen LogP contribution is 2.32. The molecule has 0 aliphatic carbocycles. The van der Waals surface area contributed by atoms with Crippen molar-refractivity contribution in [3.8, 4) is 5.75 Å². The minimum Gasteiger partial charge on any atom is -0.508 e. The Balaban J connectivity index is 2.07. The molecule has 1 fully saturated rings. The predicted octanol–water partition coefficient (Wildman–Crippen LogP) is 2.98. The third kappa shape index (κ3) is 2.38. The van der Waals surface area contributed by atoms with Crippen molar-refractivity contribution in [3.63, 3.8) is 0 Å². The van der Waals surface area contributed by atoms with E-state index in [1.807, 2.05) is 12.1 Å². The average molecular weight is 219 g/mol. The summed E-state index contributed by atoms with van der Waals surface area (Å²) in [4.78, 5) is 2.55. The van der Waals surface area contributed by atoms with E-state index in [0.29, 0.717) is 17.7 Å². The van der Waals surface area contributed by atoms with Crippen LogP contribution in [0.4, 0.5) is 0 Å². The molecule has 0 bridgehead atoms. The molecule has 0 radical (unpaired) electrons. The lowest BCUT2D eigenvalue weighted by molar-refractivity contribution is 0.268. The van der Waals surface area contributed by atoms with Gasteiger partial charge in [0.15, 0.2) is 0 Å². The fraction of sp³-hybridized carbons (Fsp3) is 0.571. The second kappa shape index (κ2) is 4.88. The van der Waals surface area contributed by atoms with Gasteiger partial charge in [0.25, 0.3) is 0 Å². The van der Waals surface area contributed by atoms with Gasteiger partial charge >= 0.3 is 0 Å². The molecule has 1 heterocycles. The lowest BCUT2D eigenvalue weighted by atomic mass is 9.96. The molecule has 2 nitrogen and oxygen atoms in total. The zero-order valence-electron chi connectivity index (χ0n) is 10.2. The predicted molar refractivity (Wildman–Crippen MR) is 66.8 cm³/mol. The Morgan fingerprint density at radius 3 is 2.94 bits per heavy atom. The molecule has 0 spiro atoms. The first kappa shape index (κ1) is 11.5. The van der Waals surface area contributed by atoms with E-state index in [9.17, 15) is 5.11 Å². The van der Waals surface area contributed by atoms with Gasteiger partial charge in [0, 0.05) is 12.6 Å². The highest BCUT2D eigenvalue weighted by atomic mass is 16.3. The fourth-order valence-corrected chi connectivity index (χ4v) is 2.72. The second-order valence-electron chi connectivity index (χ2n) is 4.87. The van der Waals surface area contributed by atoms with Crippen molar-refractivity contribution in [2.45, 2.75) is 38.6 Å². The summed E-state index contributed by atoms with van der Waals surface area (Å²) >= 11 is 0. The first-order valence-corrected chi connectivity index (χ1v) is 6.23. The van der Waals surface area contributed by atoms with Crippen LogP contribution in [0.2, 0.25) is 0 Å². The quantitative estimate of drug-likeness (QED) is 0.844. The molecule has 2 heteroatoms. The van der Waals surface area contributed by atoms with Gasteiger partial charge in [0.2, 0.25) is 0 Å². The van der Waals surface area contributed by atoms with E-state index >= 15 is 0 Å². The normalized spacial score (nSPS) is 26.1. The smallest absolute Gasteiger partial charge is 0.115 e. The molecule has 16 heavy (non-hydrogen) atoms. The Bertz CT molecular complexity index is 350. The van der Waals surface area contributed by atoms with Crippen LogP contribution in [0.15, 0.2) is 24.3 Å². The largest absolute Gasteiger partial charge is 0.508 e. The van der Waals surface area contributed by atoms with Crippen LogP contribution < -0.4 is 0 Å². The number of benzene rings is 1. The van der Waals surface area contributed by atoms with E-state index in [1.54, 1.807) is 6.07 Å². The molecule has 1 aliphatic rings. The van der Waals surface area contributed by atoms with E-state index < -0.39 is 0 Å². The van der Waals surface area contributed by atoms with Crippen LogP contribution in [-0.2, 0) is 0 Å². The first-order chi connectivity index (χ1) is 7.70. The van der Waals surface area contributed by atoms with E-state index in [2.05, 4.69) is 24.8 Å². The minimum atomic E-state index is 0.388. The lowest BCUT2D eigenvalue weighted by Crippen LogP contribution is -2.27. The van der Waals surface area contributed by atoms with Crippen molar-refractivity contribution in [2.75, 3.05) is 13.1 Å². The van der Waals surface area contributed by atoms with Gasteiger partial charge in [-0.1, -0.05) is 19.1 Å². The second-order valence-corrected chi connectivity index (χ2v) is 4.87. The maximum Gasteiger partial charge on any atom is 0.115 e.